The van der Waals surface area contributed by atoms with E-state index in [2.05, 4.69) is 20.0 Å². The van der Waals surface area contributed by atoms with Gasteiger partial charge >= 0.3 is 0 Å². The van der Waals surface area contributed by atoms with Crippen molar-refractivity contribution >= 4 is 40.3 Å². The van der Waals surface area contributed by atoms with E-state index in [9.17, 15) is 18.7 Å². The highest BCUT2D eigenvalue weighted by Crippen LogP contribution is 2.26. The third-order valence-electron chi connectivity index (χ3n) is 4.01. The van der Waals surface area contributed by atoms with Gasteiger partial charge in [0.15, 0.2) is 5.82 Å². The number of halogens is 2. The van der Waals surface area contributed by atoms with E-state index in [0.717, 1.165) is 18.2 Å². The predicted molar refractivity (Wildman–Crippen MR) is 107 cm³/mol. The SMILES string of the molecule is CCCSNc1ccc(F)c(C(=O)Nc2cnc3[nH]c(C(C)O)cc3c2)c1F. The Morgan fingerprint density at radius 3 is 2.86 bits per heavy atom. The van der Waals surface area contributed by atoms with Crippen LogP contribution in [0.2, 0.25) is 0 Å². The monoisotopic (exact) mass is 406 g/mol. The van der Waals surface area contributed by atoms with E-state index < -0.39 is 29.2 Å². The molecule has 0 saturated carbocycles. The normalized spacial score (nSPS) is 12.2. The van der Waals surface area contributed by atoms with Crippen LogP contribution in [0.4, 0.5) is 20.2 Å². The molecule has 6 nitrogen and oxygen atoms in total. The number of benzene rings is 1. The van der Waals surface area contributed by atoms with Gasteiger partial charge < -0.3 is 20.1 Å². The molecule has 0 fully saturated rings. The van der Waals surface area contributed by atoms with Gasteiger partial charge in [0.25, 0.3) is 5.91 Å². The Bertz CT molecular complexity index is 1010. The number of pyridine rings is 1. The highest BCUT2D eigenvalue weighted by atomic mass is 32.2. The van der Waals surface area contributed by atoms with Crippen molar-refractivity contribution in [3.8, 4) is 0 Å². The summed E-state index contributed by atoms with van der Waals surface area (Å²) in [4.78, 5) is 19.6. The van der Waals surface area contributed by atoms with E-state index in [-0.39, 0.29) is 11.4 Å². The molecule has 1 unspecified atom stereocenters. The van der Waals surface area contributed by atoms with Crippen LogP contribution in [0.5, 0.6) is 0 Å². The quantitative estimate of drug-likeness (QED) is 0.340. The summed E-state index contributed by atoms with van der Waals surface area (Å²) in [6.07, 6.45) is 1.56. The fourth-order valence-electron chi connectivity index (χ4n) is 2.59. The second kappa shape index (κ2) is 8.57. The molecule has 0 radical (unpaired) electrons. The van der Waals surface area contributed by atoms with Crippen molar-refractivity contribution in [2.75, 3.05) is 15.8 Å². The lowest BCUT2D eigenvalue weighted by molar-refractivity contribution is 0.101. The summed E-state index contributed by atoms with van der Waals surface area (Å²) in [6.45, 7) is 3.59. The number of hydrogen-bond acceptors (Lipinski definition) is 5. The Hall–Kier alpha value is -2.65. The number of anilines is 2. The first kappa shape index (κ1) is 20.1. The van der Waals surface area contributed by atoms with Crippen molar-refractivity contribution < 1.29 is 18.7 Å². The number of nitrogens with zero attached hydrogens (tertiary/aromatic N) is 1. The van der Waals surface area contributed by atoms with E-state index in [1.54, 1.807) is 19.1 Å². The molecule has 28 heavy (non-hydrogen) atoms. The van der Waals surface area contributed by atoms with Gasteiger partial charge in [-0.2, -0.15) is 0 Å². The standard InChI is InChI=1S/C19H20F2N4O2S/c1-3-6-28-25-14-5-4-13(20)16(17(14)21)19(27)23-12-7-11-8-15(10(2)26)24-18(11)22-9-12/h4-5,7-10,25-26H,3,6H2,1-2H3,(H,22,24)(H,23,27). The van der Waals surface area contributed by atoms with Crippen LogP contribution >= 0.6 is 11.9 Å². The number of carbonyl (C=O) groups excluding carboxylic acids is 1. The van der Waals surface area contributed by atoms with Crippen molar-refractivity contribution in [3.63, 3.8) is 0 Å². The van der Waals surface area contributed by atoms with E-state index in [1.807, 2.05) is 6.92 Å². The van der Waals surface area contributed by atoms with Gasteiger partial charge in [-0.1, -0.05) is 18.9 Å². The summed E-state index contributed by atoms with van der Waals surface area (Å²) in [5.41, 5.74) is 0.773. The minimum Gasteiger partial charge on any atom is -0.387 e. The molecule has 0 saturated heterocycles. The molecule has 0 aliphatic heterocycles. The van der Waals surface area contributed by atoms with Crippen molar-refractivity contribution in [2.24, 2.45) is 0 Å². The molecule has 0 aliphatic rings. The number of hydrogen-bond donors (Lipinski definition) is 4. The molecule has 3 aromatic rings. The van der Waals surface area contributed by atoms with Crippen LogP contribution in [0.3, 0.4) is 0 Å². The number of rotatable bonds is 7. The van der Waals surface area contributed by atoms with Gasteiger partial charge in [0.05, 0.1) is 23.7 Å². The summed E-state index contributed by atoms with van der Waals surface area (Å²) in [5.74, 6) is -2.07. The van der Waals surface area contributed by atoms with Crippen molar-refractivity contribution in [1.29, 1.82) is 0 Å². The van der Waals surface area contributed by atoms with Crippen molar-refractivity contribution in [1.82, 2.24) is 9.97 Å². The zero-order chi connectivity index (χ0) is 20.3. The third kappa shape index (κ3) is 4.26. The first-order chi connectivity index (χ1) is 13.4. The number of amides is 1. The lowest BCUT2D eigenvalue weighted by Crippen LogP contribution is -2.16. The predicted octanol–water partition coefficient (Wildman–Crippen LogP) is 4.62. The number of H-pyrrole nitrogens is 1. The number of carbonyl (C=O) groups is 1. The molecule has 0 bridgehead atoms. The van der Waals surface area contributed by atoms with Crippen molar-refractivity contribution in [2.45, 2.75) is 26.4 Å². The fourth-order valence-corrected chi connectivity index (χ4v) is 3.21. The minimum absolute atomic E-state index is 0.0470. The number of aliphatic hydroxyl groups is 1. The van der Waals surface area contributed by atoms with Gasteiger partial charge in [-0.3, -0.25) is 4.79 Å². The van der Waals surface area contributed by atoms with E-state index in [1.165, 1.54) is 24.2 Å². The largest absolute Gasteiger partial charge is 0.387 e. The van der Waals surface area contributed by atoms with E-state index >= 15 is 0 Å². The van der Waals surface area contributed by atoms with Crippen LogP contribution in [0.1, 0.15) is 42.4 Å². The summed E-state index contributed by atoms with van der Waals surface area (Å²) >= 11 is 1.28. The van der Waals surface area contributed by atoms with Crippen LogP contribution < -0.4 is 10.0 Å². The Balaban J connectivity index is 1.84. The molecular weight excluding hydrogens is 386 g/mol. The van der Waals surface area contributed by atoms with Gasteiger partial charge in [0.1, 0.15) is 17.0 Å². The summed E-state index contributed by atoms with van der Waals surface area (Å²) in [5, 5.41) is 12.8. The molecule has 3 rings (SSSR count). The number of aromatic nitrogens is 2. The second-order valence-electron chi connectivity index (χ2n) is 6.25. The Morgan fingerprint density at radius 1 is 1.36 bits per heavy atom. The van der Waals surface area contributed by atoms with Crippen LogP contribution in [-0.4, -0.2) is 26.7 Å². The summed E-state index contributed by atoms with van der Waals surface area (Å²) < 4.78 is 31.6. The number of aliphatic hydroxyl groups excluding tert-OH is 1. The highest BCUT2D eigenvalue weighted by molar-refractivity contribution is 8.00. The summed E-state index contributed by atoms with van der Waals surface area (Å²) in [7, 11) is 0. The molecule has 2 heterocycles. The maximum absolute atomic E-state index is 14.6. The summed E-state index contributed by atoms with van der Waals surface area (Å²) in [6, 6.07) is 5.61. The van der Waals surface area contributed by atoms with Crippen LogP contribution in [0.15, 0.2) is 30.5 Å². The van der Waals surface area contributed by atoms with Crippen molar-refractivity contribution in [3.05, 3.63) is 53.4 Å². The smallest absolute Gasteiger partial charge is 0.261 e. The molecule has 1 amide bonds. The number of fused-ring (bicyclic) bond motifs is 1. The maximum atomic E-state index is 14.6. The molecule has 4 N–H and O–H groups in total. The first-order valence-electron chi connectivity index (χ1n) is 8.74. The van der Waals surface area contributed by atoms with E-state index in [0.29, 0.717) is 16.7 Å². The Kier molecular flexibility index (Phi) is 6.15. The zero-order valence-corrected chi connectivity index (χ0v) is 16.2. The average molecular weight is 406 g/mol. The molecular formula is C19H20F2N4O2S. The average Bonchev–Trinajstić information content (AvgIpc) is 3.07. The highest BCUT2D eigenvalue weighted by Gasteiger charge is 2.21. The number of aromatic amines is 1. The third-order valence-corrected chi connectivity index (χ3v) is 4.98. The van der Waals surface area contributed by atoms with Crippen LogP contribution in [-0.2, 0) is 0 Å². The van der Waals surface area contributed by atoms with Gasteiger partial charge in [-0.25, -0.2) is 13.8 Å². The van der Waals surface area contributed by atoms with Gasteiger partial charge in [-0.15, -0.1) is 0 Å². The molecule has 0 aliphatic carbocycles. The number of nitrogens with one attached hydrogen (secondary N) is 3. The first-order valence-corrected chi connectivity index (χ1v) is 9.73. The lowest BCUT2D eigenvalue weighted by Gasteiger charge is -2.11. The molecule has 1 aromatic carbocycles. The van der Waals surface area contributed by atoms with E-state index in [4.69, 9.17) is 0 Å². The topological polar surface area (TPSA) is 90.0 Å². The van der Waals surface area contributed by atoms with Gasteiger partial charge in [0.2, 0.25) is 0 Å². The van der Waals surface area contributed by atoms with Crippen LogP contribution in [0, 0.1) is 11.6 Å². The lowest BCUT2D eigenvalue weighted by atomic mass is 10.1. The molecule has 9 heteroatoms. The molecule has 1 atom stereocenters. The maximum Gasteiger partial charge on any atom is 0.261 e. The van der Waals surface area contributed by atoms with Gasteiger partial charge in [-0.05, 0) is 37.6 Å². The molecule has 0 spiro atoms. The van der Waals surface area contributed by atoms with Gasteiger partial charge in [0, 0.05) is 16.8 Å². The Morgan fingerprint density at radius 2 is 2.14 bits per heavy atom. The zero-order valence-electron chi connectivity index (χ0n) is 15.3. The van der Waals surface area contributed by atoms with Crippen LogP contribution in [0.25, 0.3) is 11.0 Å². The fraction of sp³-hybridized carbons (Fsp3) is 0.263. The molecule has 2 aromatic heterocycles. The Labute approximate surface area is 164 Å². The minimum atomic E-state index is -0.951. The molecule has 148 valence electrons. The second-order valence-corrected chi connectivity index (χ2v) is 7.15.